The molecule has 1 amide bonds. The minimum Gasteiger partial charge on any atom is -0.457 e. The van der Waals surface area contributed by atoms with Crippen molar-refractivity contribution in [3.05, 3.63) is 22.6 Å². The summed E-state index contributed by atoms with van der Waals surface area (Å²) in [7, 11) is 4.05. The van der Waals surface area contributed by atoms with E-state index in [9.17, 15) is 4.79 Å². The standard InChI is InChI=1S/C12H19BrN2O2/c1-12(2,8-15(3)4)7-14-11(16)9-5-10(13)17-6-9/h5-6H,7-8H2,1-4H3,(H,14,16). The second kappa shape index (κ2) is 5.69. The zero-order valence-electron chi connectivity index (χ0n) is 10.7. The molecular formula is C12H19BrN2O2. The van der Waals surface area contributed by atoms with E-state index in [4.69, 9.17) is 4.42 Å². The van der Waals surface area contributed by atoms with Crippen LogP contribution < -0.4 is 5.32 Å². The predicted octanol–water partition coefficient (Wildman–Crippen LogP) is 2.36. The normalized spacial score (nSPS) is 11.9. The fraction of sp³-hybridized carbons (Fsp3) is 0.583. The molecule has 0 saturated carbocycles. The maximum Gasteiger partial charge on any atom is 0.254 e. The zero-order chi connectivity index (χ0) is 13.1. The van der Waals surface area contributed by atoms with Crippen molar-refractivity contribution in [2.24, 2.45) is 5.41 Å². The number of carbonyl (C=O) groups is 1. The average Bonchev–Trinajstić information content (AvgIpc) is 2.59. The van der Waals surface area contributed by atoms with Crippen molar-refractivity contribution in [1.29, 1.82) is 0 Å². The Labute approximate surface area is 110 Å². The highest BCUT2D eigenvalue weighted by molar-refractivity contribution is 9.10. The quantitative estimate of drug-likeness (QED) is 0.908. The minimum atomic E-state index is -0.105. The van der Waals surface area contributed by atoms with Gasteiger partial charge in [-0.2, -0.15) is 0 Å². The van der Waals surface area contributed by atoms with E-state index < -0.39 is 0 Å². The van der Waals surface area contributed by atoms with Crippen LogP contribution in [0.2, 0.25) is 0 Å². The molecule has 0 aliphatic carbocycles. The Kier molecular flexibility index (Phi) is 4.77. The lowest BCUT2D eigenvalue weighted by Gasteiger charge is -2.28. The SMILES string of the molecule is CN(C)CC(C)(C)CNC(=O)c1coc(Br)c1. The Bertz CT molecular complexity index is 386. The van der Waals surface area contributed by atoms with E-state index >= 15 is 0 Å². The second-order valence-electron chi connectivity index (χ2n) is 5.22. The van der Waals surface area contributed by atoms with Gasteiger partial charge in [0.2, 0.25) is 0 Å². The molecule has 0 aliphatic rings. The minimum absolute atomic E-state index is 0.0418. The van der Waals surface area contributed by atoms with Gasteiger partial charge in [0.15, 0.2) is 4.67 Å². The Morgan fingerprint density at radius 2 is 2.18 bits per heavy atom. The second-order valence-corrected chi connectivity index (χ2v) is 6.01. The molecule has 4 nitrogen and oxygen atoms in total. The maximum atomic E-state index is 11.8. The summed E-state index contributed by atoms with van der Waals surface area (Å²) in [6, 6.07) is 1.66. The summed E-state index contributed by atoms with van der Waals surface area (Å²) >= 11 is 3.17. The van der Waals surface area contributed by atoms with Gasteiger partial charge in [0.05, 0.1) is 5.56 Å². The van der Waals surface area contributed by atoms with Gasteiger partial charge in [-0.05, 0) is 35.4 Å². The van der Waals surface area contributed by atoms with Crippen LogP contribution in [0, 0.1) is 5.41 Å². The molecule has 0 unspecified atom stereocenters. The third kappa shape index (κ3) is 4.91. The number of carbonyl (C=O) groups excluding carboxylic acids is 1. The van der Waals surface area contributed by atoms with Crippen LogP contribution in [0.5, 0.6) is 0 Å². The van der Waals surface area contributed by atoms with E-state index in [1.165, 1.54) is 6.26 Å². The summed E-state index contributed by atoms with van der Waals surface area (Å²) in [5, 5.41) is 2.91. The summed E-state index contributed by atoms with van der Waals surface area (Å²) < 4.78 is 5.59. The van der Waals surface area contributed by atoms with E-state index in [1.807, 2.05) is 14.1 Å². The average molecular weight is 303 g/mol. The van der Waals surface area contributed by atoms with E-state index in [0.717, 1.165) is 6.54 Å². The molecule has 1 aromatic rings. The molecule has 0 aromatic carbocycles. The largest absolute Gasteiger partial charge is 0.457 e. The van der Waals surface area contributed by atoms with E-state index in [1.54, 1.807) is 6.07 Å². The highest BCUT2D eigenvalue weighted by Gasteiger charge is 2.20. The van der Waals surface area contributed by atoms with Gasteiger partial charge >= 0.3 is 0 Å². The highest BCUT2D eigenvalue weighted by atomic mass is 79.9. The van der Waals surface area contributed by atoms with Crippen LogP contribution in [-0.2, 0) is 0 Å². The fourth-order valence-electron chi connectivity index (χ4n) is 1.76. The number of nitrogens with one attached hydrogen (secondary N) is 1. The molecule has 17 heavy (non-hydrogen) atoms. The number of rotatable bonds is 5. The molecule has 5 heteroatoms. The molecule has 1 aromatic heterocycles. The molecule has 0 spiro atoms. The summed E-state index contributed by atoms with van der Waals surface area (Å²) in [6.07, 6.45) is 1.44. The molecule has 1 N–H and O–H groups in total. The van der Waals surface area contributed by atoms with Crippen molar-refractivity contribution in [2.45, 2.75) is 13.8 Å². The smallest absolute Gasteiger partial charge is 0.254 e. The van der Waals surface area contributed by atoms with Gasteiger partial charge in [-0.15, -0.1) is 0 Å². The number of amides is 1. The first-order valence-corrected chi connectivity index (χ1v) is 6.26. The van der Waals surface area contributed by atoms with Crippen LogP contribution in [0.25, 0.3) is 0 Å². The third-order valence-corrected chi connectivity index (χ3v) is 2.72. The first kappa shape index (κ1) is 14.3. The topological polar surface area (TPSA) is 45.5 Å². The Morgan fingerprint density at radius 3 is 2.65 bits per heavy atom. The van der Waals surface area contributed by atoms with Crippen LogP contribution in [-0.4, -0.2) is 38.0 Å². The first-order chi connectivity index (χ1) is 7.80. The van der Waals surface area contributed by atoms with Crippen molar-refractivity contribution in [2.75, 3.05) is 27.2 Å². The maximum absolute atomic E-state index is 11.8. The molecule has 0 saturated heterocycles. The van der Waals surface area contributed by atoms with Gasteiger partial charge in [0.1, 0.15) is 6.26 Å². The van der Waals surface area contributed by atoms with Gasteiger partial charge in [-0.3, -0.25) is 4.79 Å². The number of halogens is 1. The Balaban J connectivity index is 2.48. The molecule has 0 radical (unpaired) electrons. The van der Waals surface area contributed by atoms with Gasteiger partial charge in [-0.25, -0.2) is 0 Å². The van der Waals surface area contributed by atoms with E-state index in [-0.39, 0.29) is 11.3 Å². The molecule has 0 aliphatic heterocycles. The summed E-state index contributed by atoms with van der Waals surface area (Å²) in [6.45, 7) is 5.80. The van der Waals surface area contributed by atoms with Gasteiger partial charge < -0.3 is 14.6 Å². The zero-order valence-corrected chi connectivity index (χ0v) is 12.3. The Morgan fingerprint density at radius 1 is 1.53 bits per heavy atom. The van der Waals surface area contributed by atoms with Crippen molar-refractivity contribution in [3.63, 3.8) is 0 Å². The molecule has 96 valence electrons. The van der Waals surface area contributed by atoms with E-state index in [2.05, 4.69) is 40.0 Å². The third-order valence-electron chi connectivity index (χ3n) is 2.30. The van der Waals surface area contributed by atoms with Crippen molar-refractivity contribution < 1.29 is 9.21 Å². The van der Waals surface area contributed by atoms with Gasteiger partial charge in [0.25, 0.3) is 5.91 Å². The lowest BCUT2D eigenvalue weighted by molar-refractivity contribution is 0.0928. The van der Waals surface area contributed by atoms with Gasteiger partial charge in [0, 0.05) is 19.2 Å². The van der Waals surface area contributed by atoms with Crippen LogP contribution in [0.1, 0.15) is 24.2 Å². The summed E-state index contributed by atoms with van der Waals surface area (Å²) in [4.78, 5) is 13.9. The van der Waals surface area contributed by atoms with Crippen molar-refractivity contribution in [1.82, 2.24) is 10.2 Å². The molecular weight excluding hydrogens is 284 g/mol. The van der Waals surface area contributed by atoms with Crippen molar-refractivity contribution in [3.8, 4) is 0 Å². The fourth-order valence-corrected chi connectivity index (χ4v) is 2.10. The Hall–Kier alpha value is -0.810. The summed E-state index contributed by atoms with van der Waals surface area (Å²) in [5.74, 6) is -0.105. The number of nitrogens with zero attached hydrogens (tertiary/aromatic N) is 1. The lowest BCUT2D eigenvalue weighted by Crippen LogP contribution is -2.39. The highest BCUT2D eigenvalue weighted by Crippen LogP contribution is 2.16. The molecule has 1 rings (SSSR count). The molecule has 0 bridgehead atoms. The van der Waals surface area contributed by atoms with Crippen LogP contribution in [0.15, 0.2) is 21.4 Å². The molecule has 1 heterocycles. The van der Waals surface area contributed by atoms with Crippen LogP contribution in [0.4, 0.5) is 0 Å². The monoisotopic (exact) mass is 302 g/mol. The number of furan rings is 1. The molecule has 0 atom stereocenters. The number of hydrogen-bond acceptors (Lipinski definition) is 3. The lowest BCUT2D eigenvalue weighted by atomic mass is 9.93. The first-order valence-electron chi connectivity index (χ1n) is 5.47. The van der Waals surface area contributed by atoms with Crippen molar-refractivity contribution >= 4 is 21.8 Å². The predicted molar refractivity (Wildman–Crippen MR) is 71.1 cm³/mol. The number of hydrogen-bond donors (Lipinski definition) is 1. The van der Waals surface area contributed by atoms with Gasteiger partial charge in [-0.1, -0.05) is 13.8 Å². The van der Waals surface area contributed by atoms with Crippen LogP contribution in [0.3, 0.4) is 0 Å². The summed E-state index contributed by atoms with van der Waals surface area (Å²) in [5.41, 5.74) is 0.581. The van der Waals surface area contributed by atoms with E-state index in [0.29, 0.717) is 16.8 Å². The molecule has 0 fully saturated rings. The van der Waals surface area contributed by atoms with Crippen LogP contribution >= 0.6 is 15.9 Å².